The first kappa shape index (κ1) is 25.9. The Balaban J connectivity index is 1.97. The van der Waals surface area contributed by atoms with E-state index in [1.807, 2.05) is 30.3 Å². The van der Waals surface area contributed by atoms with E-state index in [-0.39, 0.29) is 17.8 Å². The van der Waals surface area contributed by atoms with E-state index in [9.17, 15) is 22.9 Å². The van der Waals surface area contributed by atoms with Crippen LogP contribution in [-0.4, -0.2) is 37.6 Å². The molecule has 174 valence electrons. The van der Waals surface area contributed by atoms with Crippen LogP contribution in [0.1, 0.15) is 37.3 Å². The number of carboxylic acid groups (broad SMARTS) is 1. The number of aryl methyl sites for hydroxylation is 1. The fourth-order valence-corrected chi connectivity index (χ4v) is 5.74. The molecule has 0 aliphatic rings. The Labute approximate surface area is 190 Å². The molecule has 0 bridgehead atoms. The number of nitrogen functional groups attached to an aromatic ring is 1. The lowest BCUT2D eigenvalue weighted by atomic mass is 10.0. The Morgan fingerprint density at radius 1 is 1.16 bits per heavy atom. The first-order valence-electron chi connectivity index (χ1n) is 10.3. The summed E-state index contributed by atoms with van der Waals surface area (Å²) in [6, 6.07) is 15.9. The number of hydrogen-bond donors (Lipinski definition) is 3. The molecular weight excluding hydrogens is 451 g/mol. The summed E-state index contributed by atoms with van der Waals surface area (Å²) in [5, 5.41) is 9.55. The zero-order valence-electron chi connectivity index (χ0n) is 18.2. The molecule has 3 atom stereocenters. The van der Waals surface area contributed by atoms with Gasteiger partial charge in [0.25, 0.3) is 0 Å². The Morgan fingerprint density at radius 2 is 1.84 bits per heavy atom. The summed E-state index contributed by atoms with van der Waals surface area (Å²) in [5.41, 5.74) is 7.57. The number of carboxylic acids is 1. The zero-order chi connectivity index (χ0) is 23.7. The van der Waals surface area contributed by atoms with E-state index in [1.165, 1.54) is 6.07 Å². The van der Waals surface area contributed by atoms with Crippen molar-refractivity contribution in [2.45, 2.75) is 38.8 Å². The number of benzene rings is 2. The van der Waals surface area contributed by atoms with E-state index in [0.717, 1.165) is 5.56 Å². The van der Waals surface area contributed by atoms with Gasteiger partial charge in [0.2, 0.25) is 10.0 Å². The smallest absolute Gasteiger partial charge is 0.481 e. The van der Waals surface area contributed by atoms with Crippen LogP contribution in [0.4, 0.5) is 5.69 Å². The Morgan fingerprint density at radius 3 is 2.44 bits per heavy atom. The highest BCUT2D eigenvalue weighted by Gasteiger charge is 2.36. The Bertz CT molecular complexity index is 1010. The topological polar surface area (TPSA) is 136 Å². The van der Waals surface area contributed by atoms with E-state index in [2.05, 4.69) is 4.72 Å². The second-order valence-electron chi connectivity index (χ2n) is 7.87. The van der Waals surface area contributed by atoms with Crippen molar-refractivity contribution >= 4 is 29.7 Å². The maximum Gasteiger partial charge on any atom is 0.511 e. The van der Waals surface area contributed by atoms with Crippen molar-refractivity contribution in [3.63, 3.8) is 0 Å². The molecule has 0 saturated heterocycles. The van der Waals surface area contributed by atoms with Crippen molar-refractivity contribution in [2.75, 3.05) is 17.6 Å². The van der Waals surface area contributed by atoms with Gasteiger partial charge < -0.3 is 10.8 Å². The van der Waals surface area contributed by atoms with Crippen LogP contribution < -0.4 is 10.5 Å². The third kappa shape index (κ3) is 8.67. The largest absolute Gasteiger partial charge is 0.511 e. The van der Waals surface area contributed by atoms with Gasteiger partial charge in [0.15, 0.2) is 12.4 Å². The van der Waals surface area contributed by atoms with Gasteiger partial charge in [-0.15, -0.1) is 4.52 Å². The van der Waals surface area contributed by atoms with Gasteiger partial charge in [0.1, 0.15) is 5.92 Å². The molecule has 8 nitrogen and oxygen atoms in total. The molecule has 0 saturated carbocycles. The van der Waals surface area contributed by atoms with Crippen LogP contribution in [0.3, 0.4) is 0 Å². The normalized spacial score (nSPS) is 14.2. The Hall–Kier alpha value is -2.32. The van der Waals surface area contributed by atoms with Gasteiger partial charge in [-0.1, -0.05) is 56.3 Å². The molecule has 0 aliphatic heterocycles. The summed E-state index contributed by atoms with van der Waals surface area (Å²) < 4.78 is 45.6. The second kappa shape index (κ2) is 12.1. The molecule has 0 aliphatic carbocycles. The fourth-order valence-electron chi connectivity index (χ4n) is 3.05. The van der Waals surface area contributed by atoms with Crippen LogP contribution in [0.25, 0.3) is 0 Å². The number of nitrogens with one attached hydrogen (secondary N) is 1. The highest BCUT2D eigenvalue weighted by molar-refractivity contribution is 7.89. The first-order chi connectivity index (χ1) is 15.1. The summed E-state index contributed by atoms with van der Waals surface area (Å²) in [6.45, 7) is 3.46. The molecule has 4 N–H and O–H groups in total. The summed E-state index contributed by atoms with van der Waals surface area (Å²) in [6.07, 6.45) is -0.292. The van der Waals surface area contributed by atoms with E-state index >= 15 is 0 Å². The van der Waals surface area contributed by atoms with Gasteiger partial charge in [0, 0.05) is 5.69 Å². The Kier molecular flexibility index (Phi) is 9.78. The average Bonchev–Trinajstić information content (AvgIpc) is 2.71. The number of rotatable bonds is 13. The van der Waals surface area contributed by atoms with Crippen LogP contribution >= 0.6 is 8.03 Å². The average molecular weight is 482 g/mol. The number of hydrogen-bond acceptors (Lipinski definition) is 6. The summed E-state index contributed by atoms with van der Waals surface area (Å²) in [4.78, 5) is 11.7. The SMILES string of the molecule is CC(C)C(NS(=O)(=O)CCCc1ccccc1)O[P+](=O)CC(C(=O)O)c1cccc(N)c1. The van der Waals surface area contributed by atoms with Crippen molar-refractivity contribution in [2.24, 2.45) is 5.92 Å². The van der Waals surface area contributed by atoms with Crippen LogP contribution in [0, 0.1) is 5.92 Å². The molecule has 2 rings (SSSR count). The van der Waals surface area contributed by atoms with E-state index in [0.29, 0.717) is 24.1 Å². The molecule has 0 aromatic heterocycles. The monoisotopic (exact) mass is 481 g/mol. The third-order valence-electron chi connectivity index (χ3n) is 4.80. The fraction of sp³-hybridized carbons (Fsp3) is 0.409. The molecule has 0 heterocycles. The number of carbonyl (C=O) groups is 1. The maximum absolute atomic E-state index is 12.6. The van der Waals surface area contributed by atoms with Gasteiger partial charge in [-0.2, -0.15) is 4.72 Å². The molecule has 0 spiro atoms. The first-order valence-corrected chi connectivity index (χ1v) is 13.3. The summed E-state index contributed by atoms with van der Waals surface area (Å²) in [5.74, 6) is -2.66. The molecular formula is C22H30N2O6PS+. The summed E-state index contributed by atoms with van der Waals surface area (Å²) in [7, 11) is -6.14. The molecule has 32 heavy (non-hydrogen) atoms. The highest BCUT2D eigenvalue weighted by atomic mass is 32.2. The zero-order valence-corrected chi connectivity index (χ0v) is 19.9. The maximum atomic E-state index is 12.6. The lowest BCUT2D eigenvalue weighted by Gasteiger charge is -2.17. The minimum Gasteiger partial charge on any atom is -0.481 e. The van der Waals surface area contributed by atoms with E-state index in [4.69, 9.17) is 10.3 Å². The minimum absolute atomic E-state index is 0.105. The predicted molar refractivity (Wildman–Crippen MR) is 125 cm³/mol. The quantitative estimate of drug-likeness (QED) is 0.225. The molecule has 2 aromatic rings. The van der Waals surface area contributed by atoms with Crippen LogP contribution in [-0.2, 0) is 30.3 Å². The molecule has 0 radical (unpaired) electrons. The van der Waals surface area contributed by atoms with Crippen molar-refractivity contribution in [3.05, 3.63) is 65.7 Å². The van der Waals surface area contributed by atoms with Gasteiger partial charge in [0.05, 0.1) is 5.75 Å². The van der Waals surface area contributed by atoms with Crippen LogP contribution in [0.2, 0.25) is 0 Å². The van der Waals surface area contributed by atoms with E-state index in [1.54, 1.807) is 32.0 Å². The predicted octanol–water partition coefficient (Wildman–Crippen LogP) is 3.73. The third-order valence-corrected chi connectivity index (χ3v) is 7.34. The van der Waals surface area contributed by atoms with Gasteiger partial charge in [-0.25, -0.2) is 8.42 Å². The molecule has 0 amide bonds. The minimum atomic E-state index is -3.68. The van der Waals surface area contributed by atoms with Crippen LogP contribution in [0.5, 0.6) is 0 Å². The number of sulfonamides is 1. The molecule has 10 heteroatoms. The van der Waals surface area contributed by atoms with Crippen molar-refractivity contribution in [1.29, 1.82) is 0 Å². The van der Waals surface area contributed by atoms with Crippen molar-refractivity contribution < 1.29 is 27.4 Å². The van der Waals surface area contributed by atoms with Crippen molar-refractivity contribution in [1.82, 2.24) is 4.72 Å². The molecule has 2 aromatic carbocycles. The molecule has 3 unspecified atom stereocenters. The van der Waals surface area contributed by atoms with Gasteiger partial charge >= 0.3 is 14.0 Å². The van der Waals surface area contributed by atoms with E-state index < -0.39 is 36.2 Å². The number of nitrogens with two attached hydrogens (primary N) is 1. The van der Waals surface area contributed by atoms with Gasteiger partial charge in [-0.05, 0) is 46.6 Å². The number of aliphatic carboxylic acids is 1. The number of anilines is 1. The van der Waals surface area contributed by atoms with Crippen LogP contribution in [0.15, 0.2) is 54.6 Å². The summed E-state index contributed by atoms with van der Waals surface area (Å²) >= 11 is 0. The second-order valence-corrected chi connectivity index (χ2v) is 11.0. The lowest BCUT2D eigenvalue weighted by Crippen LogP contribution is -2.40. The highest BCUT2D eigenvalue weighted by Crippen LogP contribution is 2.34. The van der Waals surface area contributed by atoms with Gasteiger partial charge in [-0.3, -0.25) is 4.79 Å². The molecule has 0 fully saturated rings. The lowest BCUT2D eigenvalue weighted by molar-refractivity contribution is -0.138. The standard InChI is InChI=1S/C22H29N2O6PS/c1-16(2)21(24-32(28,29)13-7-10-17-8-4-3-5-9-17)30-31(27)15-20(22(25)26)18-11-6-12-19(23)14-18/h3-6,8-9,11-12,14,16,20-21,24H,7,10,13,15,23H2,1-2H3/p+1. The van der Waals surface area contributed by atoms with Crippen molar-refractivity contribution in [3.8, 4) is 0 Å².